The van der Waals surface area contributed by atoms with Crippen LogP contribution < -0.4 is 10.5 Å². The van der Waals surface area contributed by atoms with E-state index < -0.39 is 0 Å². The lowest BCUT2D eigenvalue weighted by molar-refractivity contribution is 0.484. The summed E-state index contributed by atoms with van der Waals surface area (Å²) in [4.78, 5) is 0. The molecule has 2 heteroatoms. The van der Waals surface area contributed by atoms with Gasteiger partial charge >= 0.3 is 0 Å². The van der Waals surface area contributed by atoms with E-state index >= 15 is 0 Å². The Hall–Kier alpha value is -1.96. The second-order valence-electron chi connectivity index (χ2n) is 4.41. The SMILES string of the molecule is Cc1ccc(Oc2cc(C)cc(C)c2N)cc1. The predicted octanol–water partition coefficient (Wildman–Crippen LogP) is 3.99. The molecule has 2 rings (SSSR count). The molecule has 0 saturated heterocycles. The van der Waals surface area contributed by atoms with Crippen LogP contribution in [-0.2, 0) is 0 Å². The smallest absolute Gasteiger partial charge is 0.150 e. The number of hydrogen-bond acceptors (Lipinski definition) is 2. The van der Waals surface area contributed by atoms with Crippen molar-refractivity contribution in [1.29, 1.82) is 0 Å². The van der Waals surface area contributed by atoms with Crippen molar-refractivity contribution in [1.82, 2.24) is 0 Å². The Kier molecular flexibility index (Phi) is 3.05. The van der Waals surface area contributed by atoms with Crippen molar-refractivity contribution in [2.45, 2.75) is 20.8 Å². The summed E-state index contributed by atoms with van der Waals surface area (Å²) < 4.78 is 5.80. The summed E-state index contributed by atoms with van der Waals surface area (Å²) in [6, 6.07) is 12.0. The number of anilines is 1. The molecule has 2 nitrogen and oxygen atoms in total. The number of rotatable bonds is 2. The molecule has 0 bridgehead atoms. The molecule has 0 aliphatic rings. The van der Waals surface area contributed by atoms with Crippen LogP contribution in [0.15, 0.2) is 36.4 Å². The van der Waals surface area contributed by atoms with Gasteiger partial charge < -0.3 is 10.5 Å². The van der Waals surface area contributed by atoms with E-state index in [2.05, 4.69) is 13.0 Å². The fourth-order valence-electron chi connectivity index (χ4n) is 1.76. The third-order valence-corrected chi connectivity index (χ3v) is 2.74. The van der Waals surface area contributed by atoms with Gasteiger partial charge in [-0.25, -0.2) is 0 Å². The molecule has 0 aliphatic carbocycles. The van der Waals surface area contributed by atoms with Crippen molar-refractivity contribution in [2.24, 2.45) is 0 Å². The molecule has 0 saturated carbocycles. The van der Waals surface area contributed by atoms with Gasteiger partial charge in [-0.1, -0.05) is 23.8 Å². The molecular weight excluding hydrogens is 210 g/mol. The minimum Gasteiger partial charge on any atom is -0.455 e. The van der Waals surface area contributed by atoms with Gasteiger partial charge in [0.2, 0.25) is 0 Å². The maximum absolute atomic E-state index is 6.00. The van der Waals surface area contributed by atoms with Crippen LogP contribution in [-0.4, -0.2) is 0 Å². The molecule has 0 unspecified atom stereocenters. The minimum atomic E-state index is 0.705. The van der Waals surface area contributed by atoms with Crippen LogP contribution in [0.1, 0.15) is 16.7 Å². The van der Waals surface area contributed by atoms with E-state index in [0.29, 0.717) is 5.69 Å². The largest absolute Gasteiger partial charge is 0.455 e. The number of nitrogen functional groups attached to an aromatic ring is 1. The van der Waals surface area contributed by atoms with E-state index in [1.54, 1.807) is 0 Å². The van der Waals surface area contributed by atoms with Crippen LogP contribution in [0.5, 0.6) is 11.5 Å². The van der Waals surface area contributed by atoms with Gasteiger partial charge in [-0.2, -0.15) is 0 Å². The third kappa shape index (κ3) is 2.59. The minimum absolute atomic E-state index is 0.705. The quantitative estimate of drug-likeness (QED) is 0.787. The molecule has 0 aromatic heterocycles. The van der Waals surface area contributed by atoms with Crippen LogP contribution in [0, 0.1) is 20.8 Å². The van der Waals surface area contributed by atoms with Gasteiger partial charge in [0.15, 0.2) is 5.75 Å². The van der Waals surface area contributed by atoms with Gasteiger partial charge in [0, 0.05) is 0 Å². The van der Waals surface area contributed by atoms with Crippen LogP contribution in [0.25, 0.3) is 0 Å². The van der Waals surface area contributed by atoms with Gasteiger partial charge in [-0.05, 0) is 50.1 Å². The highest BCUT2D eigenvalue weighted by Gasteiger charge is 2.05. The number of benzene rings is 2. The van der Waals surface area contributed by atoms with Crippen molar-refractivity contribution in [3.63, 3.8) is 0 Å². The Labute approximate surface area is 102 Å². The second kappa shape index (κ2) is 4.50. The van der Waals surface area contributed by atoms with Gasteiger partial charge in [-0.15, -0.1) is 0 Å². The molecule has 2 aromatic rings. The molecule has 0 radical (unpaired) electrons. The van der Waals surface area contributed by atoms with E-state index in [1.807, 2.05) is 44.2 Å². The number of aryl methyl sites for hydroxylation is 3. The van der Waals surface area contributed by atoms with E-state index in [0.717, 1.165) is 22.6 Å². The lowest BCUT2D eigenvalue weighted by Crippen LogP contribution is -1.96. The molecule has 0 atom stereocenters. The first-order chi connectivity index (χ1) is 8.06. The Morgan fingerprint density at radius 3 is 2.18 bits per heavy atom. The first-order valence-electron chi connectivity index (χ1n) is 5.67. The van der Waals surface area contributed by atoms with E-state index in [9.17, 15) is 0 Å². The summed E-state index contributed by atoms with van der Waals surface area (Å²) in [6.45, 7) is 6.08. The molecule has 0 heterocycles. The fraction of sp³-hybridized carbons (Fsp3) is 0.200. The summed E-state index contributed by atoms with van der Waals surface area (Å²) in [7, 11) is 0. The number of hydrogen-bond donors (Lipinski definition) is 1. The second-order valence-corrected chi connectivity index (χ2v) is 4.41. The van der Waals surface area contributed by atoms with Crippen molar-refractivity contribution in [3.8, 4) is 11.5 Å². The van der Waals surface area contributed by atoms with Gasteiger partial charge in [0.05, 0.1) is 5.69 Å². The highest BCUT2D eigenvalue weighted by atomic mass is 16.5. The summed E-state index contributed by atoms with van der Waals surface area (Å²) in [5, 5.41) is 0. The molecule has 0 amide bonds. The van der Waals surface area contributed by atoms with Crippen LogP contribution in [0.3, 0.4) is 0 Å². The van der Waals surface area contributed by atoms with Crippen molar-refractivity contribution < 1.29 is 4.74 Å². The van der Waals surface area contributed by atoms with Crippen molar-refractivity contribution in [2.75, 3.05) is 5.73 Å². The zero-order valence-electron chi connectivity index (χ0n) is 10.4. The highest BCUT2D eigenvalue weighted by Crippen LogP contribution is 2.31. The average Bonchev–Trinajstić information content (AvgIpc) is 2.28. The Morgan fingerprint density at radius 1 is 0.882 bits per heavy atom. The van der Waals surface area contributed by atoms with E-state index in [4.69, 9.17) is 10.5 Å². The van der Waals surface area contributed by atoms with Gasteiger partial charge in [0.1, 0.15) is 5.75 Å². The number of nitrogens with two attached hydrogens (primary N) is 1. The zero-order valence-corrected chi connectivity index (χ0v) is 10.4. The molecule has 2 N–H and O–H groups in total. The maximum atomic E-state index is 6.00. The summed E-state index contributed by atoms with van der Waals surface area (Å²) in [5.41, 5.74) is 10.1. The topological polar surface area (TPSA) is 35.2 Å². The first kappa shape index (κ1) is 11.5. The lowest BCUT2D eigenvalue weighted by Gasteiger charge is -2.11. The molecule has 17 heavy (non-hydrogen) atoms. The predicted molar refractivity (Wildman–Crippen MR) is 71.6 cm³/mol. The highest BCUT2D eigenvalue weighted by molar-refractivity contribution is 5.60. The lowest BCUT2D eigenvalue weighted by atomic mass is 10.1. The standard InChI is InChI=1S/C15H17NO/c1-10-4-6-13(7-5-10)17-14-9-11(2)8-12(3)15(14)16/h4-9H,16H2,1-3H3. The number of ether oxygens (including phenoxy) is 1. The Bertz CT molecular complexity index is 529. The Morgan fingerprint density at radius 2 is 1.53 bits per heavy atom. The monoisotopic (exact) mass is 227 g/mol. The fourth-order valence-corrected chi connectivity index (χ4v) is 1.76. The molecular formula is C15H17NO. The summed E-state index contributed by atoms with van der Waals surface area (Å²) >= 11 is 0. The summed E-state index contributed by atoms with van der Waals surface area (Å²) in [5.74, 6) is 1.54. The van der Waals surface area contributed by atoms with Crippen molar-refractivity contribution in [3.05, 3.63) is 53.1 Å². The third-order valence-electron chi connectivity index (χ3n) is 2.74. The molecule has 88 valence electrons. The molecule has 0 aliphatic heterocycles. The Balaban J connectivity index is 2.32. The normalized spacial score (nSPS) is 10.3. The van der Waals surface area contributed by atoms with Crippen LogP contribution in [0.4, 0.5) is 5.69 Å². The van der Waals surface area contributed by atoms with Gasteiger partial charge in [0.25, 0.3) is 0 Å². The van der Waals surface area contributed by atoms with Crippen LogP contribution >= 0.6 is 0 Å². The zero-order chi connectivity index (χ0) is 12.4. The molecule has 0 fully saturated rings. The molecule has 0 spiro atoms. The maximum Gasteiger partial charge on any atom is 0.150 e. The van der Waals surface area contributed by atoms with E-state index in [1.165, 1.54) is 5.56 Å². The average molecular weight is 227 g/mol. The van der Waals surface area contributed by atoms with E-state index in [-0.39, 0.29) is 0 Å². The van der Waals surface area contributed by atoms with Gasteiger partial charge in [-0.3, -0.25) is 0 Å². The first-order valence-corrected chi connectivity index (χ1v) is 5.67. The molecule has 2 aromatic carbocycles. The summed E-state index contributed by atoms with van der Waals surface area (Å²) in [6.07, 6.45) is 0. The van der Waals surface area contributed by atoms with Crippen molar-refractivity contribution >= 4 is 5.69 Å². The van der Waals surface area contributed by atoms with Crippen LogP contribution in [0.2, 0.25) is 0 Å².